The highest BCUT2D eigenvalue weighted by molar-refractivity contribution is 9.10. The molecule has 0 radical (unpaired) electrons. The molecule has 0 bridgehead atoms. The standard InChI is InChI=1S/C16H13BrN2O2/c17-12-3-1-2-10(6-12)13(18)8-14(19)11-4-5-15-16(7-11)21-9-20-15/h1-8,19H,9,18H2/p+1/b13-8-,19-14?. The number of hydrogen-bond donors (Lipinski definition) is 2. The van der Waals surface area contributed by atoms with Gasteiger partial charge in [-0.15, -0.1) is 0 Å². The quantitative estimate of drug-likeness (QED) is 0.832. The van der Waals surface area contributed by atoms with Crippen molar-refractivity contribution >= 4 is 27.3 Å². The maximum absolute atomic E-state index is 6.12. The summed E-state index contributed by atoms with van der Waals surface area (Å²) in [5.41, 5.74) is 9.03. The lowest BCUT2D eigenvalue weighted by atomic mass is 10.1. The van der Waals surface area contributed by atoms with Gasteiger partial charge in [0.15, 0.2) is 11.5 Å². The zero-order valence-electron chi connectivity index (χ0n) is 11.2. The Labute approximate surface area is 130 Å². The number of rotatable bonds is 3. The van der Waals surface area contributed by atoms with E-state index in [1.165, 1.54) is 0 Å². The van der Waals surface area contributed by atoms with Gasteiger partial charge in [0.1, 0.15) is 0 Å². The molecule has 0 saturated carbocycles. The van der Waals surface area contributed by atoms with Gasteiger partial charge in [-0.3, -0.25) is 5.41 Å². The number of fused-ring (bicyclic) bond motifs is 1. The Morgan fingerprint density at radius 1 is 1.10 bits per heavy atom. The number of halogens is 1. The molecule has 0 saturated heterocycles. The van der Waals surface area contributed by atoms with E-state index in [2.05, 4.69) is 15.9 Å². The van der Waals surface area contributed by atoms with Gasteiger partial charge >= 0.3 is 0 Å². The third-order valence-electron chi connectivity index (χ3n) is 3.17. The maximum Gasteiger partial charge on any atom is 0.231 e. The van der Waals surface area contributed by atoms with Crippen LogP contribution in [0, 0.1) is 0 Å². The molecule has 0 aliphatic carbocycles. The van der Waals surface area contributed by atoms with E-state index in [1.807, 2.05) is 42.5 Å². The largest absolute Gasteiger partial charge is 0.454 e. The fourth-order valence-electron chi connectivity index (χ4n) is 2.08. The van der Waals surface area contributed by atoms with Crippen molar-refractivity contribution in [2.24, 2.45) is 5.73 Å². The van der Waals surface area contributed by atoms with Crippen molar-refractivity contribution in [2.45, 2.75) is 0 Å². The van der Waals surface area contributed by atoms with Crippen LogP contribution in [0.1, 0.15) is 11.1 Å². The lowest BCUT2D eigenvalue weighted by Gasteiger charge is -2.03. The van der Waals surface area contributed by atoms with E-state index in [0.29, 0.717) is 17.2 Å². The van der Waals surface area contributed by atoms with E-state index < -0.39 is 0 Å². The average molecular weight is 346 g/mol. The molecule has 1 heterocycles. The molecule has 106 valence electrons. The highest BCUT2D eigenvalue weighted by Gasteiger charge is 2.16. The molecule has 21 heavy (non-hydrogen) atoms. The summed E-state index contributed by atoms with van der Waals surface area (Å²) < 4.78 is 11.6. The molecule has 0 atom stereocenters. The topological polar surface area (TPSA) is 70.1 Å². The molecule has 0 amide bonds. The van der Waals surface area contributed by atoms with Crippen LogP contribution in [0.5, 0.6) is 11.5 Å². The second kappa shape index (κ2) is 5.61. The fraction of sp³-hybridized carbons (Fsp3) is 0.0625. The highest BCUT2D eigenvalue weighted by Crippen LogP contribution is 2.32. The molecule has 5 heteroatoms. The summed E-state index contributed by atoms with van der Waals surface area (Å²) in [6.07, 6.45) is 1.75. The van der Waals surface area contributed by atoms with Crippen LogP contribution >= 0.6 is 15.9 Å². The Bertz CT molecular complexity index is 741. The normalized spacial score (nSPS) is 13.3. The van der Waals surface area contributed by atoms with Gasteiger partial charge in [-0.2, -0.15) is 0 Å². The molecule has 0 spiro atoms. The monoisotopic (exact) mass is 345 g/mol. The van der Waals surface area contributed by atoms with Crippen molar-refractivity contribution in [3.05, 3.63) is 64.1 Å². The molecular formula is C16H14BrN2O2+. The Kier molecular flexibility index (Phi) is 3.66. The fourth-order valence-corrected chi connectivity index (χ4v) is 2.48. The van der Waals surface area contributed by atoms with E-state index in [0.717, 1.165) is 21.3 Å². The molecule has 0 aromatic heterocycles. The van der Waals surface area contributed by atoms with Crippen LogP contribution < -0.4 is 20.6 Å². The summed E-state index contributed by atoms with van der Waals surface area (Å²) in [4.78, 5) is 0. The van der Waals surface area contributed by atoms with E-state index in [9.17, 15) is 0 Å². The Hall–Kier alpha value is -2.27. The van der Waals surface area contributed by atoms with Gasteiger partial charge in [0.2, 0.25) is 12.5 Å². The van der Waals surface area contributed by atoms with E-state index in [1.54, 1.807) is 6.08 Å². The average Bonchev–Trinajstić information content (AvgIpc) is 2.94. The molecule has 1 aliphatic heterocycles. The predicted octanol–water partition coefficient (Wildman–Crippen LogP) is 1.73. The van der Waals surface area contributed by atoms with Crippen molar-refractivity contribution in [1.29, 1.82) is 0 Å². The maximum atomic E-state index is 6.12. The number of nitrogens with two attached hydrogens (primary N) is 2. The molecule has 0 unspecified atom stereocenters. The van der Waals surface area contributed by atoms with Crippen LogP contribution in [-0.4, -0.2) is 12.5 Å². The third-order valence-corrected chi connectivity index (χ3v) is 3.67. The number of ether oxygens (including phenoxy) is 2. The van der Waals surface area contributed by atoms with Crippen LogP contribution in [0.15, 0.2) is 53.0 Å². The lowest BCUT2D eigenvalue weighted by Crippen LogP contribution is -2.39. The number of hydrogen-bond acceptors (Lipinski definition) is 3. The zero-order chi connectivity index (χ0) is 14.8. The van der Waals surface area contributed by atoms with Gasteiger partial charge < -0.3 is 15.2 Å². The summed E-state index contributed by atoms with van der Waals surface area (Å²) in [5.74, 6) is 1.43. The van der Waals surface area contributed by atoms with Gasteiger partial charge in [-0.1, -0.05) is 28.1 Å². The summed E-state index contributed by atoms with van der Waals surface area (Å²) in [6, 6.07) is 13.3. The SMILES string of the molecule is N/C(=C\C(=[NH2+])c1ccc2c(c1)OCO2)c1cccc(Br)c1. The second-order valence-corrected chi connectivity index (χ2v) is 5.55. The first kappa shape index (κ1) is 13.7. The molecule has 2 aromatic carbocycles. The van der Waals surface area contributed by atoms with Gasteiger partial charge in [0.05, 0.1) is 0 Å². The Morgan fingerprint density at radius 3 is 2.71 bits per heavy atom. The molecule has 4 N–H and O–H groups in total. The van der Waals surface area contributed by atoms with Crippen molar-refractivity contribution in [3.8, 4) is 11.5 Å². The summed E-state index contributed by atoms with van der Waals surface area (Å²) in [6.45, 7) is 0.245. The van der Waals surface area contributed by atoms with Gasteiger partial charge in [-0.05, 0) is 35.9 Å². The molecule has 1 aliphatic rings. The Morgan fingerprint density at radius 2 is 1.90 bits per heavy atom. The molecule has 0 fully saturated rings. The van der Waals surface area contributed by atoms with E-state index >= 15 is 0 Å². The van der Waals surface area contributed by atoms with Crippen LogP contribution in [0.2, 0.25) is 0 Å². The molecular weight excluding hydrogens is 332 g/mol. The first-order valence-electron chi connectivity index (χ1n) is 6.39. The van der Waals surface area contributed by atoms with E-state index in [4.69, 9.17) is 20.6 Å². The minimum Gasteiger partial charge on any atom is -0.454 e. The minimum atomic E-state index is 0.245. The first-order valence-corrected chi connectivity index (χ1v) is 7.18. The highest BCUT2D eigenvalue weighted by atomic mass is 79.9. The smallest absolute Gasteiger partial charge is 0.231 e. The summed E-state index contributed by atoms with van der Waals surface area (Å²) in [7, 11) is 0. The minimum absolute atomic E-state index is 0.245. The van der Waals surface area contributed by atoms with Crippen LogP contribution in [0.4, 0.5) is 0 Å². The van der Waals surface area contributed by atoms with E-state index in [-0.39, 0.29) is 6.79 Å². The van der Waals surface area contributed by atoms with Gasteiger partial charge in [0.25, 0.3) is 0 Å². The first-order chi connectivity index (χ1) is 10.1. The third kappa shape index (κ3) is 2.92. The number of benzene rings is 2. The molecule has 2 aromatic rings. The Balaban J connectivity index is 1.87. The molecule has 3 rings (SSSR count). The van der Waals surface area contributed by atoms with Gasteiger partial charge in [0, 0.05) is 21.8 Å². The lowest BCUT2D eigenvalue weighted by molar-refractivity contribution is -0.111. The zero-order valence-corrected chi connectivity index (χ0v) is 12.8. The summed E-state index contributed by atoms with van der Waals surface area (Å²) in [5, 5.41) is 6.12. The van der Waals surface area contributed by atoms with Crippen LogP contribution in [0.3, 0.4) is 0 Å². The predicted molar refractivity (Wildman–Crippen MR) is 84.9 cm³/mol. The van der Waals surface area contributed by atoms with Gasteiger partial charge in [-0.25, -0.2) is 0 Å². The summed E-state index contributed by atoms with van der Waals surface area (Å²) >= 11 is 3.42. The van der Waals surface area contributed by atoms with Crippen LogP contribution in [0.25, 0.3) is 5.70 Å². The van der Waals surface area contributed by atoms with Crippen molar-refractivity contribution in [3.63, 3.8) is 0 Å². The molecule has 4 nitrogen and oxygen atoms in total. The van der Waals surface area contributed by atoms with Crippen molar-refractivity contribution in [1.82, 2.24) is 0 Å². The van der Waals surface area contributed by atoms with Crippen molar-refractivity contribution < 1.29 is 14.9 Å². The van der Waals surface area contributed by atoms with Crippen LogP contribution in [-0.2, 0) is 0 Å². The second-order valence-electron chi connectivity index (χ2n) is 4.63. The van der Waals surface area contributed by atoms with Crippen molar-refractivity contribution in [2.75, 3.05) is 6.79 Å². The number of allylic oxidation sites excluding steroid dienone is 1.